The zero-order valence-corrected chi connectivity index (χ0v) is 16.9. The van der Waals surface area contributed by atoms with E-state index in [1.165, 1.54) is 24.4 Å². The summed E-state index contributed by atoms with van der Waals surface area (Å²) in [5, 5.41) is 26.4. The Morgan fingerprint density at radius 3 is 1.75 bits per heavy atom. The second-order valence-corrected chi connectivity index (χ2v) is 6.18. The minimum Gasteiger partial charge on any atom is -0.477 e. The molecule has 4 rings (SSSR count). The summed E-state index contributed by atoms with van der Waals surface area (Å²) in [5.74, 6) is -2.97. The highest BCUT2D eigenvalue weighted by Gasteiger charge is 2.04. The number of rotatable bonds is 3. The fourth-order valence-corrected chi connectivity index (χ4v) is 2.34. The summed E-state index contributed by atoms with van der Waals surface area (Å²) in [6.07, 6.45) is 1.45. The zero-order valence-electron chi connectivity index (χ0n) is 16.9. The minimum atomic E-state index is -0.995. The van der Waals surface area contributed by atoms with Gasteiger partial charge in [0.15, 0.2) is 0 Å². The number of benzene rings is 1. The fraction of sp³-hybridized carbons (Fsp3) is 0.0435. The van der Waals surface area contributed by atoms with Crippen LogP contribution in [0.3, 0.4) is 0 Å². The van der Waals surface area contributed by atoms with Gasteiger partial charge in [-0.15, -0.1) is 0 Å². The maximum Gasteiger partial charge on any atom is 0.354 e. The highest BCUT2D eigenvalue weighted by molar-refractivity contribution is 5.89. The molecule has 0 aliphatic rings. The Morgan fingerprint density at radius 1 is 0.625 bits per heavy atom. The average molecular weight is 433 g/mol. The normalized spacial score (nSPS) is 9.53. The first-order chi connectivity index (χ1) is 15.3. The number of aromatic carboxylic acids is 3. The van der Waals surface area contributed by atoms with E-state index in [1.54, 1.807) is 43.3 Å². The van der Waals surface area contributed by atoms with Crippen molar-refractivity contribution in [1.82, 2.24) is 15.0 Å². The molecule has 162 valence electrons. The smallest absolute Gasteiger partial charge is 0.354 e. The lowest BCUT2D eigenvalue weighted by Crippen LogP contribution is -1.99. The quantitative estimate of drug-likeness (QED) is 0.438. The lowest BCUT2D eigenvalue weighted by Gasteiger charge is -1.97. The van der Waals surface area contributed by atoms with Crippen LogP contribution in [0.2, 0.25) is 0 Å². The SMILES string of the molecule is Cc1cccc(C(=O)O)n1.O=C(O)c1ccc2ccccc2n1.O=C(O)c1ccccn1. The van der Waals surface area contributed by atoms with Crippen molar-refractivity contribution in [1.29, 1.82) is 0 Å². The molecule has 0 unspecified atom stereocenters. The highest BCUT2D eigenvalue weighted by Crippen LogP contribution is 2.11. The largest absolute Gasteiger partial charge is 0.477 e. The first kappa shape index (κ1) is 23.6. The highest BCUT2D eigenvalue weighted by atomic mass is 16.4. The molecule has 0 spiro atoms. The first-order valence-electron chi connectivity index (χ1n) is 9.18. The van der Waals surface area contributed by atoms with Crippen LogP contribution >= 0.6 is 0 Å². The molecule has 0 radical (unpaired) electrons. The minimum absolute atomic E-state index is 0.0810. The van der Waals surface area contributed by atoms with Crippen molar-refractivity contribution in [3.63, 3.8) is 0 Å². The van der Waals surface area contributed by atoms with Crippen LogP contribution in [-0.4, -0.2) is 48.2 Å². The number of nitrogens with zero attached hydrogens (tertiary/aromatic N) is 3. The zero-order chi connectivity index (χ0) is 23.5. The second kappa shape index (κ2) is 11.5. The molecule has 3 aromatic heterocycles. The summed E-state index contributed by atoms with van der Waals surface area (Å²) >= 11 is 0. The van der Waals surface area contributed by atoms with Crippen LogP contribution in [0.4, 0.5) is 0 Å². The van der Waals surface area contributed by atoms with Crippen molar-refractivity contribution in [3.05, 3.63) is 102 Å². The van der Waals surface area contributed by atoms with E-state index in [-0.39, 0.29) is 17.1 Å². The van der Waals surface area contributed by atoms with E-state index < -0.39 is 17.9 Å². The van der Waals surface area contributed by atoms with E-state index in [9.17, 15) is 14.4 Å². The van der Waals surface area contributed by atoms with E-state index in [4.69, 9.17) is 15.3 Å². The molecule has 9 nitrogen and oxygen atoms in total. The van der Waals surface area contributed by atoms with Gasteiger partial charge in [-0.05, 0) is 43.3 Å². The third kappa shape index (κ3) is 7.30. The van der Waals surface area contributed by atoms with Crippen molar-refractivity contribution in [2.45, 2.75) is 6.92 Å². The Morgan fingerprint density at radius 2 is 1.22 bits per heavy atom. The predicted molar refractivity (Wildman–Crippen MR) is 116 cm³/mol. The number of pyridine rings is 3. The van der Waals surface area contributed by atoms with Gasteiger partial charge in [0.2, 0.25) is 0 Å². The van der Waals surface area contributed by atoms with Crippen molar-refractivity contribution < 1.29 is 29.7 Å². The third-order valence-electron chi connectivity index (χ3n) is 3.81. The average Bonchev–Trinajstić information content (AvgIpc) is 2.80. The molecule has 0 atom stereocenters. The van der Waals surface area contributed by atoms with Gasteiger partial charge in [-0.3, -0.25) is 0 Å². The Bertz CT molecular complexity index is 1230. The fourth-order valence-electron chi connectivity index (χ4n) is 2.34. The third-order valence-corrected chi connectivity index (χ3v) is 3.81. The molecule has 0 fully saturated rings. The Labute approximate surface area is 182 Å². The number of carboxylic acid groups (broad SMARTS) is 3. The van der Waals surface area contributed by atoms with E-state index >= 15 is 0 Å². The summed E-state index contributed by atoms with van der Waals surface area (Å²) in [5.41, 5.74) is 1.69. The van der Waals surface area contributed by atoms with Crippen LogP contribution in [0, 0.1) is 6.92 Å². The molecule has 3 heterocycles. The standard InChI is InChI=1S/C10H7NO2.C7H7NO2.C6H5NO2/c12-10(13)9-6-5-7-3-1-2-4-8(7)11-9;1-5-3-2-4-6(8-5)7(9)10;8-6(9)5-3-1-2-4-7-5/h1-6H,(H,12,13);2-4H,1H3,(H,9,10);1-4H,(H,8,9). The first-order valence-corrected chi connectivity index (χ1v) is 9.18. The summed E-state index contributed by atoms with van der Waals surface area (Å²) in [6.45, 7) is 1.76. The predicted octanol–water partition coefficient (Wildman–Crippen LogP) is 3.80. The number of hydrogen-bond acceptors (Lipinski definition) is 6. The van der Waals surface area contributed by atoms with Gasteiger partial charge >= 0.3 is 17.9 Å². The summed E-state index contributed by atoms with van der Waals surface area (Å²) in [6, 6.07) is 20.3. The molecule has 9 heteroatoms. The molecule has 1 aromatic carbocycles. The Balaban J connectivity index is 0.000000174. The van der Waals surface area contributed by atoms with Crippen LogP contribution in [0.5, 0.6) is 0 Å². The van der Waals surface area contributed by atoms with Gasteiger partial charge in [0.05, 0.1) is 5.52 Å². The van der Waals surface area contributed by atoms with Crippen molar-refractivity contribution >= 4 is 28.8 Å². The lowest BCUT2D eigenvalue weighted by atomic mass is 10.2. The Hall–Kier alpha value is -4.66. The number of fused-ring (bicyclic) bond motifs is 1. The number of para-hydroxylation sites is 1. The van der Waals surface area contributed by atoms with Crippen molar-refractivity contribution in [3.8, 4) is 0 Å². The molecule has 4 aromatic rings. The molecular weight excluding hydrogens is 414 g/mol. The lowest BCUT2D eigenvalue weighted by molar-refractivity contribution is 0.0679. The number of aromatic nitrogens is 3. The maximum atomic E-state index is 10.6. The molecule has 0 bridgehead atoms. The molecule has 0 aliphatic heterocycles. The van der Waals surface area contributed by atoms with Gasteiger partial charge in [0.25, 0.3) is 0 Å². The van der Waals surface area contributed by atoms with E-state index in [2.05, 4.69) is 15.0 Å². The summed E-state index contributed by atoms with van der Waals surface area (Å²) in [7, 11) is 0. The molecule has 0 saturated carbocycles. The monoisotopic (exact) mass is 433 g/mol. The number of aryl methyl sites for hydroxylation is 1. The molecule has 0 amide bonds. The number of carbonyl (C=O) groups is 3. The summed E-state index contributed by atoms with van der Waals surface area (Å²) in [4.78, 5) is 42.3. The van der Waals surface area contributed by atoms with Gasteiger partial charge < -0.3 is 15.3 Å². The van der Waals surface area contributed by atoms with Gasteiger partial charge in [-0.25, -0.2) is 29.3 Å². The summed E-state index contributed by atoms with van der Waals surface area (Å²) < 4.78 is 0. The van der Waals surface area contributed by atoms with Crippen molar-refractivity contribution in [2.24, 2.45) is 0 Å². The van der Waals surface area contributed by atoms with Crippen LogP contribution in [0.1, 0.15) is 37.2 Å². The Kier molecular flexibility index (Phi) is 8.49. The number of hydrogen-bond donors (Lipinski definition) is 3. The van der Waals surface area contributed by atoms with Gasteiger partial charge in [-0.1, -0.05) is 36.4 Å². The van der Waals surface area contributed by atoms with Gasteiger partial charge in [-0.2, -0.15) is 0 Å². The van der Waals surface area contributed by atoms with Crippen LogP contribution in [0.25, 0.3) is 10.9 Å². The molecule has 3 N–H and O–H groups in total. The maximum absolute atomic E-state index is 10.6. The van der Waals surface area contributed by atoms with Crippen LogP contribution < -0.4 is 0 Å². The van der Waals surface area contributed by atoms with Gasteiger partial charge in [0, 0.05) is 17.3 Å². The van der Waals surface area contributed by atoms with Crippen LogP contribution in [-0.2, 0) is 0 Å². The van der Waals surface area contributed by atoms with E-state index in [0.717, 1.165) is 11.1 Å². The molecular formula is C23H19N3O6. The molecule has 32 heavy (non-hydrogen) atoms. The molecule has 0 aliphatic carbocycles. The van der Waals surface area contributed by atoms with Gasteiger partial charge in [0.1, 0.15) is 17.1 Å². The van der Waals surface area contributed by atoms with E-state index in [0.29, 0.717) is 5.52 Å². The van der Waals surface area contributed by atoms with Crippen molar-refractivity contribution in [2.75, 3.05) is 0 Å². The number of carboxylic acids is 3. The van der Waals surface area contributed by atoms with E-state index in [1.807, 2.05) is 18.2 Å². The second-order valence-electron chi connectivity index (χ2n) is 6.18. The molecule has 0 saturated heterocycles. The topological polar surface area (TPSA) is 151 Å². The van der Waals surface area contributed by atoms with Crippen LogP contribution in [0.15, 0.2) is 79.0 Å².